The van der Waals surface area contributed by atoms with Crippen molar-refractivity contribution in [1.82, 2.24) is 10.6 Å². The van der Waals surface area contributed by atoms with E-state index >= 15 is 0 Å². The molecule has 1 heterocycles. The van der Waals surface area contributed by atoms with Crippen LogP contribution in [0.15, 0.2) is 42.5 Å². The zero-order chi connectivity index (χ0) is 18.7. The predicted octanol–water partition coefficient (Wildman–Crippen LogP) is 3.05. The van der Waals surface area contributed by atoms with Gasteiger partial charge in [0.2, 0.25) is 5.91 Å². The maximum atomic E-state index is 13.4. The molecule has 136 valence electrons. The monoisotopic (exact) mass is 355 g/mol. The van der Waals surface area contributed by atoms with Crippen molar-refractivity contribution in [1.29, 1.82) is 0 Å². The Morgan fingerprint density at radius 3 is 2.62 bits per heavy atom. The van der Waals surface area contributed by atoms with Crippen LogP contribution in [0.5, 0.6) is 0 Å². The largest absolute Gasteiger partial charge is 0.334 e. The van der Waals surface area contributed by atoms with Gasteiger partial charge in [0.1, 0.15) is 11.9 Å². The van der Waals surface area contributed by atoms with E-state index in [-0.39, 0.29) is 17.8 Å². The van der Waals surface area contributed by atoms with E-state index in [0.717, 1.165) is 11.1 Å². The van der Waals surface area contributed by atoms with Crippen LogP contribution in [-0.4, -0.2) is 24.5 Å². The average Bonchev–Trinajstić information content (AvgIpc) is 2.97. The Morgan fingerprint density at radius 1 is 1.19 bits per heavy atom. The summed E-state index contributed by atoms with van der Waals surface area (Å²) >= 11 is 0. The lowest BCUT2D eigenvalue weighted by molar-refractivity contribution is -0.118. The molecule has 1 atom stereocenters. The fraction of sp³-hybridized carbons (Fsp3) is 0.300. The van der Waals surface area contributed by atoms with Gasteiger partial charge in [0.25, 0.3) is 0 Å². The Labute approximate surface area is 152 Å². The lowest BCUT2D eigenvalue weighted by atomic mass is 10.1. The number of urea groups is 1. The quantitative estimate of drug-likeness (QED) is 0.886. The van der Waals surface area contributed by atoms with Gasteiger partial charge in [-0.25, -0.2) is 9.18 Å². The van der Waals surface area contributed by atoms with Crippen molar-refractivity contribution in [3.05, 3.63) is 65.0 Å². The van der Waals surface area contributed by atoms with Crippen LogP contribution < -0.4 is 15.5 Å². The summed E-state index contributed by atoms with van der Waals surface area (Å²) in [6.45, 7) is 4.55. The van der Waals surface area contributed by atoms with Crippen LogP contribution >= 0.6 is 0 Å². The van der Waals surface area contributed by atoms with Gasteiger partial charge in [-0.2, -0.15) is 0 Å². The van der Waals surface area contributed by atoms with Gasteiger partial charge in [0, 0.05) is 18.8 Å². The Kier molecular flexibility index (Phi) is 5.21. The number of nitrogens with one attached hydrogen (secondary N) is 2. The molecule has 2 aromatic carbocycles. The number of nitrogens with zero attached hydrogens (tertiary/aromatic N) is 1. The second kappa shape index (κ2) is 7.56. The summed E-state index contributed by atoms with van der Waals surface area (Å²) in [5.41, 5.74) is 3.29. The topological polar surface area (TPSA) is 61.4 Å². The molecule has 2 N–H and O–H groups in total. The standard InChI is InChI=1S/C20H22FN3O2/c1-13-3-5-15(6-4-13)12-22-20(26)23-18-9-10-24(19(18)25)16-7-8-17(21)14(2)11-16/h3-8,11,18H,9-10,12H2,1-2H3,(H2,22,23,26)/t18-/m0/s1. The minimum Gasteiger partial charge on any atom is -0.334 e. The highest BCUT2D eigenvalue weighted by molar-refractivity contribution is 6.01. The summed E-state index contributed by atoms with van der Waals surface area (Å²) in [6, 6.07) is 11.5. The highest BCUT2D eigenvalue weighted by Gasteiger charge is 2.33. The lowest BCUT2D eigenvalue weighted by Gasteiger charge is -2.18. The first kappa shape index (κ1) is 17.9. The molecule has 1 saturated heterocycles. The van der Waals surface area contributed by atoms with Crippen LogP contribution in [0, 0.1) is 19.7 Å². The van der Waals surface area contributed by atoms with Gasteiger partial charge in [-0.05, 0) is 49.6 Å². The number of hydrogen-bond donors (Lipinski definition) is 2. The van der Waals surface area contributed by atoms with E-state index in [1.54, 1.807) is 24.0 Å². The first-order valence-electron chi connectivity index (χ1n) is 8.61. The second-order valence-corrected chi connectivity index (χ2v) is 6.58. The van der Waals surface area contributed by atoms with Gasteiger partial charge in [-0.15, -0.1) is 0 Å². The summed E-state index contributed by atoms with van der Waals surface area (Å²) in [4.78, 5) is 26.2. The summed E-state index contributed by atoms with van der Waals surface area (Å²) in [5, 5.41) is 5.49. The third-order valence-corrected chi connectivity index (χ3v) is 4.54. The molecule has 0 saturated carbocycles. The Balaban J connectivity index is 1.55. The summed E-state index contributed by atoms with van der Waals surface area (Å²) in [7, 11) is 0. The fourth-order valence-electron chi connectivity index (χ4n) is 2.96. The maximum Gasteiger partial charge on any atom is 0.315 e. The van der Waals surface area contributed by atoms with E-state index in [1.165, 1.54) is 6.07 Å². The van der Waals surface area contributed by atoms with Gasteiger partial charge in [0.15, 0.2) is 0 Å². The summed E-state index contributed by atoms with van der Waals surface area (Å²) in [6.07, 6.45) is 0.521. The number of amides is 3. The van der Waals surface area contributed by atoms with Crippen molar-refractivity contribution in [2.45, 2.75) is 32.9 Å². The number of halogens is 1. The van der Waals surface area contributed by atoms with E-state index < -0.39 is 6.04 Å². The molecule has 3 rings (SSSR count). The molecule has 26 heavy (non-hydrogen) atoms. The number of benzene rings is 2. The van der Waals surface area contributed by atoms with E-state index in [0.29, 0.717) is 30.8 Å². The molecule has 1 fully saturated rings. The molecule has 2 aromatic rings. The van der Waals surface area contributed by atoms with Crippen molar-refractivity contribution in [3.63, 3.8) is 0 Å². The lowest BCUT2D eigenvalue weighted by Crippen LogP contribution is -2.45. The van der Waals surface area contributed by atoms with Crippen molar-refractivity contribution in [3.8, 4) is 0 Å². The molecular weight excluding hydrogens is 333 g/mol. The van der Waals surface area contributed by atoms with Crippen LogP contribution in [0.3, 0.4) is 0 Å². The third-order valence-electron chi connectivity index (χ3n) is 4.54. The molecule has 5 nitrogen and oxygen atoms in total. The van der Waals surface area contributed by atoms with Crippen molar-refractivity contribution in [2.24, 2.45) is 0 Å². The summed E-state index contributed by atoms with van der Waals surface area (Å²) in [5.74, 6) is -0.480. The molecule has 0 radical (unpaired) electrons. The van der Waals surface area contributed by atoms with E-state index in [1.807, 2.05) is 31.2 Å². The zero-order valence-electron chi connectivity index (χ0n) is 14.9. The number of anilines is 1. The summed E-state index contributed by atoms with van der Waals surface area (Å²) < 4.78 is 13.4. The fourth-order valence-corrected chi connectivity index (χ4v) is 2.96. The van der Waals surface area contributed by atoms with Gasteiger partial charge in [-0.3, -0.25) is 4.79 Å². The van der Waals surface area contributed by atoms with E-state index in [2.05, 4.69) is 10.6 Å². The van der Waals surface area contributed by atoms with Crippen LogP contribution in [0.2, 0.25) is 0 Å². The second-order valence-electron chi connectivity index (χ2n) is 6.58. The van der Waals surface area contributed by atoms with Crippen molar-refractivity contribution >= 4 is 17.6 Å². The van der Waals surface area contributed by atoms with Crippen LogP contribution in [0.1, 0.15) is 23.1 Å². The SMILES string of the molecule is Cc1ccc(CNC(=O)N[C@H]2CCN(c3ccc(F)c(C)c3)C2=O)cc1. The molecule has 0 aromatic heterocycles. The number of rotatable bonds is 4. The number of aryl methyl sites for hydroxylation is 2. The zero-order valence-corrected chi connectivity index (χ0v) is 14.9. The smallest absolute Gasteiger partial charge is 0.315 e. The van der Waals surface area contributed by atoms with Crippen LogP contribution in [0.4, 0.5) is 14.9 Å². The minimum absolute atomic E-state index is 0.179. The number of hydrogen-bond acceptors (Lipinski definition) is 2. The molecule has 1 aliphatic heterocycles. The Morgan fingerprint density at radius 2 is 1.92 bits per heavy atom. The van der Waals surface area contributed by atoms with E-state index in [9.17, 15) is 14.0 Å². The normalized spacial score (nSPS) is 16.7. The third kappa shape index (κ3) is 4.02. The van der Waals surface area contributed by atoms with E-state index in [4.69, 9.17) is 0 Å². The van der Waals surface area contributed by atoms with Gasteiger partial charge < -0.3 is 15.5 Å². The predicted molar refractivity (Wildman–Crippen MR) is 98.4 cm³/mol. The minimum atomic E-state index is -0.571. The van der Waals surface area contributed by atoms with Crippen LogP contribution in [-0.2, 0) is 11.3 Å². The highest BCUT2D eigenvalue weighted by Crippen LogP contribution is 2.23. The molecule has 0 spiro atoms. The number of carbonyl (C=O) groups excluding carboxylic acids is 2. The van der Waals surface area contributed by atoms with Gasteiger partial charge in [0.05, 0.1) is 0 Å². The maximum absolute atomic E-state index is 13.4. The molecular formula is C20H22FN3O2. The highest BCUT2D eigenvalue weighted by atomic mass is 19.1. The van der Waals surface area contributed by atoms with Gasteiger partial charge >= 0.3 is 6.03 Å². The van der Waals surface area contributed by atoms with Crippen molar-refractivity contribution in [2.75, 3.05) is 11.4 Å². The molecule has 0 aliphatic carbocycles. The number of carbonyl (C=O) groups is 2. The van der Waals surface area contributed by atoms with Crippen molar-refractivity contribution < 1.29 is 14.0 Å². The first-order valence-corrected chi connectivity index (χ1v) is 8.61. The Hall–Kier alpha value is -2.89. The molecule has 1 aliphatic rings. The van der Waals surface area contributed by atoms with Crippen LogP contribution in [0.25, 0.3) is 0 Å². The Bertz CT molecular complexity index is 820. The van der Waals surface area contributed by atoms with Gasteiger partial charge in [-0.1, -0.05) is 29.8 Å². The first-order chi connectivity index (χ1) is 12.4. The molecule has 0 unspecified atom stereocenters. The molecule has 0 bridgehead atoms. The molecule has 6 heteroatoms. The molecule has 3 amide bonds. The average molecular weight is 355 g/mol.